The van der Waals surface area contributed by atoms with Crippen LogP contribution in [0, 0.1) is 0 Å². The van der Waals surface area contributed by atoms with Crippen molar-refractivity contribution in [3.63, 3.8) is 0 Å². The lowest BCUT2D eigenvalue weighted by molar-refractivity contribution is 0.321. The van der Waals surface area contributed by atoms with Gasteiger partial charge < -0.3 is 9.84 Å². The first-order chi connectivity index (χ1) is 7.83. The molecule has 1 aliphatic carbocycles. The molecule has 2 heterocycles. The average Bonchev–Trinajstić information content (AvgIpc) is 2.97. The van der Waals surface area contributed by atoms with Crippen LogP contribution in [0.4, 0.5) is 4.39 Å². The van der Waals surface area contributed by atoms with Crippen LogP contribution in [0.1, 0.15) is 55.8 Å². The van der Waals surface area contributed by atoms with E-state index >= 15 is 0 Å². The van der Waals surface area contributed by atoms with Gasteiger partial charge in [-0.3, -0.25) is 0 Å². The Balaban J connectivity index is 1.72. The third-order valence-electron chi connectivity index (χ3n) is 3.55. The molecule has 16 heavy (non-hydrogen) atoms. The average molecular weight is 225 g/mol. The molecule has 0 spiro atoms. The molecule has 0 unspecified atom stereocenters. The van der Waals surface area contributed by atoms with Gasteiger partial charge in [0.05, 0.1) is 6.04 Å². The van der Waals surface area contributed by atoms with Crippen LogP contribution in [0.3, 0.4) is 0 Å². The van der Waals surface area contributed by atoms with Gasteiger partial charge in [0.2, 0.25) is 5.89 Å². The molecule has 1 aromatic rings. The van der Waals surface area contributed by atoms with Gasteiger partial charge in [0, 0.05) is 18.9 Å². The third-order valence-corrected chi connectivity index (χ3v) is 3.55. The van der Waals surface area contributed by atoms with Crippen LogP contribution >= 0.6 is 0 Å². The number of halogens is 1. The number of hydrogen-bond acceptors (Lipinski definition) is 4. The van der Waals surface area contributed by atoms with E-state index in [-0.39, 0.29) is 6.04 Å². The maximum Gasteiger partial charge on any atom is 0.243 e. The third kappa shape index (κ3) is 1.84. The van der Waals surface area contributed by atoms with E-state index in [9.17, 15) is 4.39 Å². The first-order valence-electron chi connectivity index (χ1n) is 6.04. The molecule has 3 rings (SSSR count). The molecule has 0 bridgehead atoms. The number of aromatic nitrogens is 2. The van der Waals surface area contributed by atoms with Gasteiger partial charge in [0.25, 0.3) is 0 Å². The summed E-state index contributed by atoms with van der Waals surface area (Å²) in [6.07, 6.45) is 4.48. The molecule has 0 amide bonds. The summed E-state index contributed by atoms with van der Waals surface area (Å²) in [6, 6.07) is -0.0855. The Bertz CT molecular complexity index is 362. The number of hydrogen-bond donors (Lipinski definition) is 1. The predicted molar refractivity (Wildman–Crippen MR) is 55.8 cm³/mol. The summed E-state index contributed by atoms with van der Waals surface area (Å²) in [5, 5.41) is 7.07. The molecule has 4 nitrogen and oxygen atoms in total. The minimum atomic E-state index is -0.785. The van der Waals surface area contributed by atoms with Crippen molar-refractivity contribution in [3.8, 4) is 0 Å². The molecule has 1 aliphatic heterocycles. The lowest BCUT2D eigenvalue weighted by atomic mass is 10.1. The van der Waals surface area contributed by atoms with E-state index in [0.29, 0.717) is 24.8 Å². The summed E-state index contributed by atoms with van der Waals surface area (Å²) < 4.78 is 18.2. The fourth-order valence-electron chi connectivity index (χ4n) is 2.62. The highest BCUT2D eigenvalue weighted by molar-refractivity contribution is 5.02. The topological polar surface area (TPSA) is 51.0 Å². The van der Waals surface area contributed by atoms with Gasteiger partial charge in [-0.15, -0.1) is 0 Å². The molecule has 1 saturated carbocycles. The Labute approximate surface area is 93.6 Å². The molecule has 5 heteroatoms. The Morgan fingerprint density at radius 3 is 2.81 bits per heavy atom. The number of alkyl halides is 1. The summed E-state index contributed by atoms with van der Waals surface area (Å²) >= 11 is 0. The first-order valence-corrected chi connectivity index (χ1v) is 6.04. The zero-order chi connectivity index (χ0) is 11.0. The molecule has 2 atom stereocenters. The Hall–Kier alpha value is -0.970. The summed E-state index contributed by atoms with van der Waals surface area (Å²) in [5.74, 6) is 1.83. The van der Waals surface area contributed by atoms with Crippen LogP contribution in [0.15, 0.2) is 4.52 Å². The highest BCUT2D eigenvalue weighted by Crippen LogP contribution is 2.33. The molecule has 88 valence electrons. The van der Waals surface area contributed by atoms with Crippen molar-refractivity contribution in [2.45, 2.75) is 50.2 Å². The minimum absolute atomic E-state index is 0.0855. The van der Waals surface area contributed by atoms with Crippen molar-refractivity contribution in [2.24, 2.45) is 0 Å². The van der Waals surface area contributed by atoms with Gasteiger partial charge in [0.15, 0.2) is 5.82 Å². The van der Waals surface area contributed by atoms with Gasteiger partial charge in [-0.2, -0.15) is 4.98 Å². The van der Waals surface area contributed by atoms with Crippen LogP contribution in [0.2, 0.25) is 0 Å². The molecule has 1 saturated heterocycles. The summed E-state index contributed by atoms with van der Waals surface area (Å²) in [4.78, 5) is 4.40. The summed E-state index contributed by atoms with van der Waals surface area (Å²) in [6.45, 7) is 0.395. The van der Waals surface area contributed by atoms with Crippen molar-refractivity contribution < 1.29 is 8.91 Å². The SMILES string of the molecule is F[C@@H]1CN[C@@H](c2nc(C3CCCC3)no2)C1. The van der Waals surface area contributed by atoms with E-state index in [2.05, 4.69) is 15.5 Å². The van der Waals surface area contributed by atoms with Crippen molar-refractivity contribution in [1.29, 1.82) is 0 Å². The Morgan fingerprint density at radius 2 is 2.12 bits per heavy atom. The van der Waals surface area contributed by atoms with Crippen molar-refractivity contribution in [1.82, 2.24) is 15.5 Å². The van der Waals surface area contributed by atoms with Gasteiger partial charge in [-0.25, -0.2) is 4.39 Å². The number of nitrogens with one attached hydrogen (secondary N) is 1. The van der Waals surface area contributed by atoms with Gasteiger partial charge >= 0.3 is 0 Å². The maximum atomic E-state index is 13.0. The van der Waals surface area contributed by atoms with E-state index in [0.717, 1.165) is 18.7 Å². The van der Waals surface area contributed by atoms with E-state index in [4.69, 9.17) is 4.52 Å². The number of nitrogens with zero attached hydrogens (tertiary/aromatic N) is 2. The molecule has 1 N–H and O–H groups in total. The largest absolute Gasteiger partial charge is 0.338 e. The second-order valence-electron chi connectivity index (χ2n) is 4.77. The summed E-state index contributed by atoms with van der Waals surface area (Å²) in [7, 11) is 0. The molecule has 2 aliphatic rings. The Kier molecular flexibility index (Phi) is 2.63. The van der Waals surface area contributed by atoms with Gasteiger partial charge in [0.1, 0.15) is 6.17 Å². The highest BCUT2D eigenvalue weighted by atomic mass is 19.1. The van der Waals surface area contributed by atoms with Crippen LogP contribution in [0.5, 0.6) is 0 Å². The van der Waals surface area contributed by atoms with Crippen LogP contribution in [0.25, 0.3) is 0 Å². The molecule has 1 aromatic heterocycles. The van der Waals surface area contributed by atoms with Crippen molar-refractivity contribution >= 4 is 0 Å². The molecular weight excluding hydrogens is 209 g/mol. The van der Waals surface area contributed by atoms with E-state index in [1.807, 2.05) is 0 Å². The smallest absolute Gasteiger partial charge is 0.243 e. The van der Waals surface area contributed by atoms with E-state index in [1.165, 1.54) is 12.8 Å². The van der Waals surface area contributed by atoms with Gasteiger partial charge in [-0.05, 0) is 12.8 Å². The minimum Gasteiger partial charge on any atom is -0.338 e. The van der Waals surface area contributed by atoms with E-state index < -0.39 is 6.17 Å². The lowest BCUT2D eigenvalue weighted by Gasteiger charge is -2.02. The van der Waals surface area contributed by atoms with Gasteiger partial charge in [-0.1, -0.05) is 18.0 Å². The molecule has 0 radical (unpaired) electrons. The zero-order valence-corrected chi connectivity index (χ0v) is 9.16. The van der Waals surface area contributed by atoms with Crippen molar-refractivity contribution in [3.05, 3.63) is 11.7 Å². The molecule has 0 aromatic carbocycles. The monoisotopic (exact) mass is 225 g/mol. The lowest BCUT2D eigenvalue weighted by Crippen LogP contribution is -2.14. The van der Waals surface area contributed by atoms with E-state index in [1.54, 1.807) is 0 Å². The molecular formula is C11H16FN3O. The summed E-state index contributed by atoms with van der Waals surface area (Å²) in [5.41, 5.74) is 0. The van der Waals surface area contributed by atoms with Crippen molar-refractivity contribution in [2.75, 3.05) is 6.54 Å². The van der Waals surface area contributed by atoms with Crippen LogP contribution in [-0.4, -0.2) is 22.9 Å². The maximum absolute atomic E-state index is 13.0. The zero-order valence-electron chi connectivity index (χ0n) is 9.16. The fourth-order valence-corrected chi connectivity index (χ4v) is 2.62. The second kappa shape index (κ2) is 4.13. The quantitative estimate of drug-likeness (QED) is 0.837. The normalized spacial score (nSPS) is 31.3. The number of rotatable bonds is 2. The highest BCUT2D eigenvalue weighted by Gasteiger charge is 2.30. The predicted octanol–water partition coefficient (Wildman–Crippen LogP) is 2.10. The standard InChI is InChI=1S/C11H16FN3O/c12-8-5-9(13-6-8)11-14-10(15-16-11)7-3-1-2-4-7/h7-9,13H,1-6H2/t8-,9+/m0/s1. The second-order valence-corrected chi connectivity index (χ2v) is 4.77. The van der Waals surface area contributed by atoms with Crippen LogP contribution < -0.4 is 5.32 Å². The Morgan fingerprint density at radius 1 is 1.31 bits per heavy atom. The first kappa shape index (κ1) is 10.2. The van der Waals surface area contributed by atoms with Crippen LogP contribution in [-0.2, 0) is 0 Å². The fraction of sp³-hybridized carbons (Fsp3) is 0.818. The molecule has 2 fully saturated rings.